The molecule has 1 aliphatic heterocycles. The summed E-state index contributed by atoms with van der Waals surface area (Å²) in [5, 5.41) is 22.3. The summed E-state index contributed by atoms with van der Waals surface area (Å²) < 4.78 is 6.04. The van der Waals surface area contributed by atoms with E-state index in [1.165, 1.54) is 11.2 Å². The van der Waals surface area contributed by atoms with Crippen LogP contribution in [0.3, 0.4) is 0 Å². The van der Waals surface area contributed by atoms with Gasteiger partial charge in [-0.2, -0.15) is 0 Å². The van der Waals surface area contributed by atoms with Crippen LogP contribution >= 0.6 is 15.9 Å². The molecule has 8 nitrogen and oxygen atoms in total. The van der Waals surface area contributed by atoms with Crippen molar-refractivity contribution in [1.82, 2.24) is 15.2 Å². The standard InChI is InChI=1S/C20H20BrN3O5/c21-12-10-29-17-7-13(22-18(12)17)19(27)23-14(6-11-4-2-1-3-5-11)20(28)24-8-15(25)16(26)9-24/h1-5,7,10,14-16,22,25-26H,6,8-9H2,(H,23,27). The van der Waals surface area contributed by atoms with Crippen LogP contribution in [0.5, 0.6) is 0 Å². The van der Waals surface area contributed by atoms with Crippen molar-refractivity contribution in [2.75, 3.05) is 13.1 Å². The molecule has 0 aliphatic carbocycles. The predicted octanol–water partition coefficient (Wildman–Crippen LogP) is 1.43. The second kappa shape index (κ2) is 8.02. The number of H-pyrrole nitrogens is 1. The van der Waals surface area contributed by atoms with Crippen LogP contribution < -0.4 is 5.32 Å². The highest BCUT2D eigenvalue weighted by Gasteiger charge is 2.36. The molecule has 3 heterocycles. The molecule has 2 aromatic heterocycles. The van der Waals surface area contributed by atoms with Crippen LogP contribution in [0.25, 0.3) is 11.1 Å². The summed E-state index contributed by atoms with van der Waals surface area (Å²) in [7, 11) is 0. The number of β-amino-alcohol motifs (C(OH)–C–C–N with tert-alkyl or cyclic N) is 2. The van der Waals surface area contributed by atoms with Gasteiger partial charge in [-0.15, -0.1) is 0 Å². The van der Waals surface area contributed by atoms with Crippen molar-refractivity contribution >= 4 is 38.8 Å². The maximum atomic E-state index is 13.0. The monoisotopic (exact) mass is 461 g/mol. The molecule has 4 rings (SSSR count). The number of nitrogens with one attached hydrogen (secondary N) is 2. The van der Waals surface area contributed by atoms with Gasteiger partial charge in [0.1, 0.15) is 18.0 Å². The summed E-state index contributed by atoms with van der Waals surface area (Å²) in [4.78, 5) is 30.2. The molecule has 3 atom stereocenters. The van der Waals surface area contributed by atoms with Crippen molar-refractivity contribution in [1.29, 1.82) is 0 Å². The summed E-state index contributed by atoms with van der Waals surface area (Å²) >= 11 is 3.34. The fourth-order valence-corrected chi connectivity index (χ4v) is 3.85. The quantitative estimate of drug-likeness (QED) is 0.458. The van der Waals surface area contributed by atoms with E-state index in [2.05, 4.69) is 26.2 Å². The summed E-state index contributed by atoms with van der Waals surface area (Å²) in [5.74, 6) is -0.799. The molecule has 0 radical (unpaired) electrons. The number of furan rings is 1. The van der Waals surface area contributed by atoms with E-state index in [1.54, 1.807) is 6.07 Å². The van der Waals surface area contributed by atoms with Crippen LogP contribution in [0.1, 0.15) is 16.1 Å². The third kappa shape index (κ3) is 4.07. The molecule has 0 bridgehead atoms. The maximum Gasteiger partial charge on any atom is 0.268 e. The number of nitrogens with zero attached hydrogens (tertiary/aromatic N) is 1. The van der Waals surface area contributed by atoms with Gasteiger partial charge >= 0.3 is 0 Å². The minimum absolute atomic E-state index is 0.0313. The van der Waals surface area contributed by atoms with E-state index in [1.807, 2.05) is 30.3 Å². The van der Waals surface area contributed by atoms with Crippen molar-refractivity contribution < 1.29 is 24.2 Å². The number of aromatic nitrogens is 1. The van der Waals surface area contributed by atoms with E-state index in [0.29, 0.717) is 15.6 Å². The number of hydrogen-bond acceptors (Lipinski definition) is 5. The van der Waals surface area contributed by atoms with Gasteiger partial charge in [0.15, 0.2) is 5.58 Å². The highest BCUT2D eigenvalue weighted by Crippen LogP contribution is 2.26. The lowest BCUT2D eigenvalue weighted by Gasteiger charge is -2.24. The van der Waals surface area contributed by atoms with Crippen molar-refractivity contribution in [3.05, 3.63) is 58.4 Å². The van der Waals surface area contributed by atoms with Gasteiger partial charge < -0.3 is 29.8 Å². The largest absolute Gasteiger partial charge is 0.461 e. The number of aromatic amines is 1. The second-order valence-electron chi connectivity index (χ2n) is 7.10. The second-order valence-corrected chi connectivity index (χ2v) is 7.95. The summed E-state index contributed by atoms with van der Waals surface area (Å²) in [6.45, 7) is 0.0626. The minimum Gasteiger partial charge on any atom is -0.461 e. The summed E-state index contributed by atoms with van der Waals surface area (Å²) in [6, 6.07) is 10.1. The number of rotatable bonds is 5. The van der Waals surface area contributed by atoms with Gasteiger partial charge in [0.05, 0.1) is 22.2 Å². The number of carbonyl (C=O) groups is 2. The van der Waals surface area contributed by atoms with Gasteiger partial charge in [-0.25, -0.2) is 0 Å². The van der Waals surface area contributed by atoms with E-state index in [-0.39, 0.29) is 31.1 Å². The number of amides is 2. The first-order valence-corrected chi connectivity index (χ1v) is 9.97. The van der Waals surface area contributed by atoms with Crippen molar-refractivity contribution in [3.63, 3.8) is 0 Å². The number of benzene rings is 1. The van der Waals surface area contributed by atoms with E-state index in [4.69, 9.17) is 4.42 Å². The zero-order valence-electron chi connectivity index (χ0n) is 15.3. The van der Waals surface area contributed by atoms with Crippen LogP contribution in [0, 0.1) is 0 Å². The van der Waals surface area contributed by atoms with E-state index in [9.17, 15) is 19.8 Å². The zero-order valence-corrected chi connectivity index (χ0v) is 16.9. The molecule has 0 spiro atoms. The van der Waals surface area contributed by atoms with Crippen molar-refractivity contribution in [2.45, 2.75) is 24.7 Å². The van der Waals surface area contributed by atoms with Gasteiger partial charge in [0.2, 0.25) is 5.91 Å². The Kier molecular flexibility index (Phi) is 5.44. The number of carbonyl (C=O) groups excluding carboxylic acids is 2. The number of halogens is 1. The van der Waals surface area contributed by atoms with Gasteiger partial charge in [-0.1, -0.05) is 30.3 Å². The predicted molar refractivity (Wildman–Crippen MR) is 108 cm³/mol. The first-order valence-electron chi connectivity index (χ1n) is 9.18. The Morgan fingerprint density at radius 1 is 1.24 bits per heavy atom. The average molecular weight is 462 g/mol. The first kappa shape index (κ1) is 19.7. The molecular weight excluding hydrogens is 442 g/mol. The normalized spacial score (nSPS) is 20.2. The van der Waals surface area contributed by atoms with Gasteiger partial charge in [-0.3, -0.25) is 9.59 Å². The number of likely N-dealkylation sites (tertiary alicyclic amines) is 1. The minimum atomic E-state index is -0.986. The van der Waals surface area contributed by atoms with Crippen LogP contribution in [-0.4, -0.2) is 63.3 Å². The number of aliphatic hydroxyl groups is 2. The third-order valence-corrected chi connectivity index (χ3v) is 5.59. The van der Waals surface area contributed by atoms with E-state index in [0.717, 1.165) is 5.56 Å². The Balaban J connectivity index is 1.55. The molecule has 29 heavy (non-hydrogen) atoms. The van der Waals surface area contributed by atoms with Crippen molar-refractivity contribution in [3.8, 4) is 0 Å². The number of fused-ring (bicyclic) bond motifs is 1. The van der Waals surface area contributed by atoms with Crippen LogP contribution in [-0.2, 0) is 11.2 Å². The molecule has 1 fully saturated rings. The Morgan fingerprint density at radius 3 is 2.59 bits per heavy atom. The lowest BCUT2D eigenvalue weighted by molar-refractivity contribution is -0.132. The summed E-state index contributed by atoms with van der Waals surface area (Å²) in [5.41, 5.74) is 2.34. The molecule has 2 amide bonds. The molecule has 3 unspecified atom stereocenters. The fraction of sp³-hybridized carbons (Fsp3) is 0.300. The third-order valence-electron chi connectivity index (χ3n) is 5.01. The molecule has 3 aromatic rings. The van der Waals surface area contributed by atoms with Crippen LogP contribution in [0.2, 0.25) is 0 Å². The van der Waals surface area contributed by atoms with Gasteiger partial charge in [0.25, 0.3) is 5.91 Å². The Morgan fingerprint density at radius 2 is 1.93 bits per heavy atom. The van der Waals surface area contributed by atoms with E-state index < -0.39 is 24.2 Å². The van der Waals surface area contributed by atoms with E-state index >= 15 is 0 Å². The molecular formula is C20H20BrN3O5. The molecule has 9 heteroatoms. The Hall–Kier alpha value is -2.62. The lowest BCUT2D eigenvalue weighted by Crippen LogP contribution is -2.49. The fourth-order valence-electron chi connectivity index (χ4n) is 3.46. The maximum absolute atomic E-state index is 13.0. The van der Waals surface area contributed by atoms with Gasteiger partial charge in [-0.05, 0) is 21.5 Å². The molecule has 4 N–H and O–H groups in total. The average Bonchev–Trinajstić information content (AvgIpc) is 3.38. The highest BCUT2D eigenvalue weighted by molar-refractivity contribution is 9.10. The first-order chi connectivity index (χ1) is 13.9. The number of hydrogen-bond donors (Lipinski definition) is 4. The Labute approximate surface area is 174 Å². The zero-order chi connectivity index (χ0) is 20.5. The Bertz CT molecular complexity index is 1020. The van der Waals surface area contributed by atoms with Crippen molar-refractivity contribution in [2.24, 2.45) is 0 Å². The lowest BCUT2D eigenvalue weighted by atomic mass is 10.0. The smallest absolute Gasteiger partial charge is 0.268 e. The molecule has 1 aliphatic rings. The summed E-state index contributed by atoms with van der Waals surface area (Å²) in [6.07, 6.45) is -0.164. The van der Waals surface area contributed by atoms with Crippen LogP contribution in [0.15, 0.2) is 51.6 Å². The SMILES string of the molecule is O=C(NC(Cc1ccccc1)C(=O)N1CC(O)C(O)C1)c1cc2occ(Br)c2[nH]1. The topological polar surface area (TPSA) is 119 Å². The number of aliphatic hydroxyl groups excluding tert-OH is 2. The van der Waals surface area contributed by atoms with Gasteiger partial charge in [0, 0.05) is 25.6 Å². The molecule has 0 saturated carbocycles. The highest BCUT2D eigenvalue weighted by atomic mass is 79.9. The molecule has 152 valence electrons. The molecule has 1 saturated heterocycles. The van der Waals surface area contributed by atoms with Crippen LogP contribution in [0.4, 0.5) is 0 Å². The molecule has 1 aromatic carbocycles.